The van der Waals surface area contributed by atoms with Gasteiger partial charge in [-0.1, -0.05) is 6.42 Å². The van der Waals surface area contributed by atoms with Gasteiger partial charge in [-0.25, -0.2) is 4.39 Å². The number of rotatable bonds is 7. The average Bonchev–Trinajstić information content (AvgIpc) is 2.58. The Bertz CT molecular complexity index is 584. The molecular weight excluding hydrogens is 347 g/mol. The maximum atomic E-state index is 13.5. The summed E-state index contributed by atoms with van der Waals surface area (Å²) in [5.74, 6) is 0.612. The van der Waals surface area contributed by atoms with E-state index in [0.717, 1.165) is 48.4 Å². The first-order valence-electron chi connectivity index (χ1n) is 8.13. The van der Waals surface area contributed by atoms with E-state index in [0.29, 0.717) is 11.5 Å². The highest BCUT2D eigenvalue weighted by Gasteiger charge is 2.21. The Hall–Kier alpha value is -1.34. The van der Waals surface area contributed by atoms with Crippen molar-refractivity contribution < 1.29 is 13.9 Å². The summed E-state index contributed by atoms with van der Waals surface area (Å²) in [6.45, 7) is 0.754. The molecule has 0 aliphatic carbocycles. The van der Waals surface area contributed by atoms with Crippen molar-refractivity contribution in [3.8, 4) is 0 Å². The van der Waals surface area contributed by atoms with Gasteiger partial charge in [-0.05, 0) is 55.2 Å². The number of carbonyl (C=O) groups is 1. The molecule has 1 aromatic carbocycles. The van der Waals surface area contributed by atoms with E-state index in [4.69, 9.17) is 12.2 Å². The molecule has 24 heavy (non-hydrogen) atoms. The predicted octanol–water partition coefficient (Wildman–Crippen LogP) is 3.56. The highest BCUT2D eigenvalue weighted by molar-refractivity contribution is 7.99. The van der Waals surface area contributed by atoms with Crippen molar-refractivity contribution in [3.63, 3.8) is 0 Å². The fraction of sp³-hybridized carbons (Fsp3) is 0.529. The first kappa shape index (κ1) is 19.0. The maximum absolute atomic E-state index is 13.5. The van der Waals surface area contributed by atoms with Crippen LogP contribution in [0.1, 0.15) is 43.7 Å². The summed E-state index contributed by atoms with van der Waals surface area (Å²) in [6, 6.07) is 4.98. The second kappa shape index (κ2) is 9.84. The molecule has 0 aromatic heterocycles. The van der Waals surface area contributed by atoms with Crippen molar-refractivity contribution in [2.24, 2.45) is 0 Å². The molecule has 1 heterocycles. The van der Waals surface area contributed by atoms with Crippen LogP contribution in [0.3, 0.4) is 0 Å². The third-order valence-corrected chi connectivity index (χ3v) is 5.27. The summed E-state index contributed by atoms with van der Waals surface area (Å²) in [7, 11) is 1.40. The summed E-state index contributed by atoms with van der Waals surface area (Å²) in [5.41, 5.74) is 0.980. The van der Waals surface area contributed by atoms with Gasteiger partial charge in [0.2, 0.25) is 0 Å². The minimum atomic E-state index is -0.215. The minimum Gasteiger partial charge on any atom is -0.469 e. The molecule has 132 valence electrons. The minimum absolute atomic E-state index is 0.0521. The van der Waals surface area contributed by atoms with Gasteiger partial charge in [0.15, 0.2) is 5.11 Å². The summed E-state index contributed by atoms with van der Waals surface area (Å²) in [6.07, 6.45) is 4.08. The third kappa shape index (κ3) is 5.94. The second-order valence-electron chi connectivity index (χ2n) is 5.66. The van der Waals surface area contributed by atoms with Crippen molar-refractivity contribution in [1.29, 1.82) is 0 Å². The zero-order valence-corrected chi connectivity index (χ0v) is 15.4. The van der Waals surface area contributed by atoms with Crippen LogP contribution in [-0.4, -0.2) is 30.5 Å². The Morgan fingerprint density at radius 1 is 1.42 bits per heavy atom. The lowest BCUT2D eigenvalue weighted by Crippen LogP contribution is -2.39. The number of unbranched alkanes of at least 4 members (excludes halogenated alkanes) is 2. The third-order valence-electron chi connectivity index (χ3n) is 3.89. The van der Waals surface area contributed by atoms with Crippen molar-refractivity contribution in [1.82, 2.24) is 10.6 Å². The number of esters is 1. The number of thioether (sulfide) groups is 1. The maximum Gasteiger partial charge on any atom is 0.305 e. The van der Waals surface area contributed by atoms with Crippen LogP contribution in [0.25, 0.3) is 0 Å². The molecule has 1 aromatic rings. The molecule has 0 amide bonds. The molecule has 0 spiro atoms. The van der Waals surface area contributed by atoms with E-state index < -0.39 is 0 Å². The molecule has 1 aliphatic heterocycles. The monoisotopic (exact) mass is 370 g/mol. The van der Waals surface area contributed by atoms with E-state index >= 15 is 0 Å². The van der Waals surface area contributed by atoms with Gasteiger partial charge in [0.05, 0.1) is 13.2 Å². The van der Waals surface area contributed by atoms with Gasteiger partial charge in [0, 0.05) is 23.6 Å². The largest absolute Gasteiger partial charge is 0.469 e. The van der Waals surface area contributed by atoms with E-state index in [-0.39, 0.29) is 17.8 Å². The Balaban J connectivity index is 1.70. The quantitative estimate of drug-likeness (QED) is 0.435. The fourth-order valence-corrected chi connectivity index (χ4v) is 3.95. The smallest absolute Gasteiger partial charge is 0.305 e. The second-order valence-corrected chi connectivity index (χ2v) is 7.20. The number of methoxy groups -OCH3 is 1. The van der Waals surface area contributed by atoms with E-state index in [2.05, 4.69) is 15.4 Å². The van der Waals surface area contributed by atoms with Gasteiger partial charge in [-0.15, -0.1) is 11.8 Å². The molecule has 2 N–H and O–H groups in total. The highest BCUT2D eigenvalue weighted by Crippen LogP contribution is 2.36. The van der Waals surface area contributed by atoms with E-state index in [1.807, 2.05) is 6.07 Å². The lowest BCUT2D eigenvalue weighted by Gasteiger charge is -2.27. The number of hydrogen-bond acceptors (Lipinski definition) is 4. The molecule has 1 atom stereocenters. The number of hydrogen-bond donors (Lipinski definition) is 2. The lowest BCUT2D eigenvalue weighted by atomic mass is 10.0. The number of benzene rings is 1. The van der Waals surface area contributed by atoms with Crippen LogP contribution < -0.4 is 10.6 Å². The molecule has 0 fully saturated rings. The van der Waals surface area contributed by atoms with Gasteiger partial charge >= 0.3 is 5.97 Å². The summed E-state index contributed by atoms with van der Waals surface area (Å²) in [5, 5.41) is 7.06. The van der Waals surface area contributed by atoms with Crippen LogP contribution in [0.2, 0.25) is 0 Å². The predicted molar refractivity (Wildman–Crippen MR) is 98.7 cm³/mol. The Labute approximate surface area is 151 Å². The van der Waals surface area contributed by atoms with E-state index in [9.17, 15) is 9.18 Å². The molecule has 2 rings (SSSR count). The molecule has 0 unspecified atom stereocenters. The molecule has 0 radical (unpaired) electrons. The van der Waals surface area contributed by atoms with Crippen molar-refractivity contribution in [3.05, 3.63) is 29.6 Å². The van der Waals surface area contributed by atoms with Crippen molar-refractivity contribution in [2.45, 2.75) is 43.0 Å². The Kier molecular flexibility index (Phi) is 7.78. The van der Waals surface area contributed by atoms with Gasteiger partial charge in [-0.3, -0.25) is 4.79 Å². The fourth-order valence-electron chi connectivity index (χ4n) is 2.60. The van der Waals surface area contributed by atoms with Crippen LogP contribution in [0.5, 0.6) is 0 Å². The van der Waals surface area contributed by atoms with Crippen LogP contribution in [-0.2, 0) is 9.53 Å². The average molecular weight is 371 g/mol. The summed E-state index contributed by atoms with van der Waals surface area (Å²) in [4.78, 5) is 12.1. The van der Waals surface area contributed by atoms with Gasteiger partial charge in [0.25, 0.3) is 0 Å². The molecule has 4 nitrogen and oxygen atoms in total. The number of halogens is 1. The van der Waals surface area contributed by atoms with Crippen LogP contribution in [0, 0.1) is 5.82 Å². The lowest BCUT2D eigenvalue weighted by molar-refractivity contribution is -0.140. The van der Waals surface area contributed by atoms with Gasteiger partial charge < -0.3 is 15.4 Å². The highest BCUT2D eigenvalue weighted by atomic mass is 32.2. The zero-order chi connectivity index (χ0) is 17.4. The van der Waals surface area contributed by atoms with Crippen molar-refractivity contribution in [2.75, 3.05) is 19.4 Å². The molecule has 1 aliphatic rings. The molecular formula is C17H23FN2O2S2. The Morgan fingerprint density at radius 3 is 3.04 bits per heavy atom. The zero-order valence-electron chi connectivity index (χ0n) is 13.8. The SMILES string of the molecule is COC(=O)CCCCCNC(=S)N[C@@H]1CCSc2ccc(F)cc21. The summed E-state index contributed by atoms with van der Waals surface area (Å²) < 4.78 is 18.1. The topological polar surface area (TPSA) is 50.4 Å². The Morgan fingerprint density at radius 2 is 2.25 bits per heavy atom. The number of nitrogens with one attached hydrogen (secondary N) is 2. The molecule has 0 saturated carbocycles. The first-order chi connectivity index (χ1) is 11.6. The standard InChI is InChI=1S/C17H23FN2O2S2/c1-22-16(21)5-3-2-4-9-19-17(23)20-14-8-10-24-15-7-6-12(18)11-13(14)15/h6-7,11,14H,2-5,8-10H2,1H3,(H2,19,20,23)/t14-/m1/s1. The van der Waals surface area contributed by atoms with E-state index in [1.54, 1.807) is 17.8 Å². The molecule has 0 saturated heterocycles. The van der Waals surface area contributed by atoms with Crippen LogP contribution in [0.15, 0.2) is 23.1 Å². The van der Waals surface area contributed by atoms with Gasteiger partial charge in [-0.2, -0.15) is 0 Å². The summed E-state index contributed by atoms with van der Waals surface area (Å²) >= 11 is 7.09. The number of carbonyl (C=O) groups excluding carboxylic acids is 1. The number of thiocarbonyl (C=S) groups is 1. The number of ether oxygens (including phenoxy) is 1. The van der Waals surface area contributed by atoms with Crippen LogP contribution >= 0.6 is 24.0 Å². The van der Waals surface area contributed by atoms with Gasteiger partial charge in [0.1, 0.15) is 5.82 Å². The van der Waals surface area contributed by atoms with Crippen LogP contribution in [0.4, 0.5) is 4.39 Å². The molecule has 0 bridgehead atoms. The molecule has 7 heteroatoms. The first-order valence-corrected chi connectivity index (χ1v) is 9.53. The van der Waals surface area contributed by atoms with Crippen molar-refractivity contribution >= 4 is 35.1 Å². The number of fused-ring (bicyclic) bond motifs is 1. The van der Waals surface area contributed by atoms with E-state index in [1.165, 1.54) is 13.2 Å². The normalized spacial score (nSPS) is 16.2.